The summed E-state index contributed by atoms with van der Waals surface area (Å²) in [6, 6.07) is 7.41. The maximum absolute atomic E-state index is 12.4. The first-order valence-corrected chi connectivity index (χ1v) is 6.77. The average molecular weight is 284 g/mol. The Balaban J connectivity index is 1.74. The van der Waals surface area contributed by atoms with E-state index >= 15 is 0 Å². The Morgan fingerprint density at radius 3 is 3.05 bits per heavy atom. The fourth-order valence-electron chi connectivity index (χ4n) is 2.52. The second-order valence-corrected chi connectivity index (χ2v) is 5.13. The fraction of sp³-hybridized carbons (Fsp3) is 0.267. The van der Waals surface area contributed by atoms with Gasteiger partial charge in [0.2, 0.25) is 11.8 Å². The second kappa shape index (κ2) is 5.40. The molecule has 2 aromatic rings. The van der Waals surface area contributed by atoms with Gasteiger partial charge in [-0.1, -0.05) is 18.2 Å². The van der Waals surface area contributed by atoms with Gasteiger partial charge in [-0.15, -0.1) is 0 Å². The van der Waals surface area contributed by atoms with E-state index in [1.54, 1.807) is 10.9 Å². The normalized spacial score (nSPS) is 17.0. The van der Waals surface area contributed by atoms with Gasteiger partial charge in [0.05, 0.1) is 12.1 Å². The van der Waals surface area contributed by atoms with Gasteiger partial charge in [-0.25, -0.2) is 0 Å². The highest BCUT2D eigenvalue weighted by Crippen LogP contribution is 2.31. The summed E-state index contributed by atoms with van der Waals surface area (Å²) in [6.45, 7) is 0.410. The van der Waals surface area contributed by atoms with Crippen LogP contribution in [-0.4, -0.2) is 21.6 Å². The number of para-hydroxylation sites is 1. The van der Waals surface area contributed by atoms with Crippen LogP contribution >= 0.6 is 0 Å². The molecule has 21 heavy (non-hydrogen) atoms. The van der Waals surface area contributed by atoms with Crippen molar-refractivity contribution >= 4 is 17.5 Å². The van der Waals surface area contributed by atoms with Crippen molar-refractivity contribution in [1.82, 2.24) is 15.1 Å². The predicted octanol–water partition coefficient (Wildman–Crippen LogP) is 1.16. The van der Waals surface area contributed by atoms with Crippen molar-refractivity contribution in [3.8, 4) is 0 Å². The van der Waals surface area contributed by atoms with Crippen LogP contribution in [0.3, 0.4) is 0 Å². The zero-order chi connectivity index (χ0) is 14.8. The molecule has 1 aliphatic rings. The first kappa shape index (κ1) is 13.4. The van der Waals surface area contributed by atoms with Crippen molar-refractivity contribution in [3.05, 3.63) is 47.8 Å². The first-order valence-electron chi connectivity index (χ1n) is 6.77. The van der Waals surface area contributed by atoms with Crippen LogP contribution in [0.1, 0.15) is 23.5 Å². The predicted molar refractivity (Wildman–Crippen MR) is 77.5 cm³/mol. The highest BCUT2D eigenvalue weighted by molar-refractivity contribution is 6.01. The number of hydrogen-bond acceptors (Lipinski definition) is 3. The van der Waals surface area contributed by atoms with Crippen LogP contribution in [0.5, 0.6) is 0 Å². The van der Waals surface area contributed by atoms with E-state index < -0.39 is 5.92 Å². The molecule has 0 saturated carbocycles. The fourth-order valence-corrected chi connectivity index (χ4v) is 2.52. The minimum atomic E-state index is -0.438. The van der Waals surface area contributed by atoms with Crippen molar-refractivity contribution in [2.24, 2.45) is 7.05 Å². The molecule has 0 bridgehead atoms. The molecule has 0 aliphatic carbocycles. The minimum absolute atomic E-state index is 0.129. The van der Waals surface area contributed by atoms with Crippen molar-refractivity contribution < 1.29 is 9.59 Å². The molecule has 1 aromatic carbocycles. The summed E-state index contributed by atoms with van der Waals surface area (Å²) in [5, 5.41) is 9.72. The van der Waals surface area contributed by atoms with E-state index in [1.165, 1.54) is 0 Å². The number of amides is 2. The third kappa shape index (κ3) is 2.79. The number of aromatic nitrogens is 2. The Labute approximate surface area is 122 Å². The lowest BCUT2D eigenvalue weighted by Crippen LogP contribution is -2.34. The summed E-state index contributed by atoms with van der Waals surface area (Å²) in [5.41, 5.74) is 2.51. The summed E-state index contributed by atoms with van der Waals surface area (Å²) in [4.78, 5) is 24.1. The molecule has 1 aliphatic heterocycles. The summed E-state index contributed by atoms with van der Waals surface area (Å²) in [6.07, 6.45) is 3.74. The lowest BCUT2D eigenvalue weighted by Gasteiger charge is -2.24. The van der Waals surface area contributed by atoms with Gasteiger partial charge >= 0.3 is 0 Å². The number of benzene rings is 1. The van der Waals surface area contributed by atoms with E-state index in [2.05, 4.69) is 15.7 Å². The molecule has 2 amide bonds. The molecule has 1 atom stereocenters. The molecule has 108 valence electrons. The van der Waals surface area contributed by atoms with Gasteiger partial charge in [-0.3, -0.25) is 14.3 Å². The van der Waals surface area contributed by atoms with E-state index in [0.717, 1.165) is 16.8 Å². The van der Waals surface area contributed by atoms with E-state index in [4.69, 9.17) is 0 Å². The van der Waals surface area contributed by atoms with Crippen LogP contribution in [0.4, 0.5) is 5.69 Å². The van der Waals surface area contributed by atoms with Gasteiger partial charge < -0.3 is 10.6 Å². The largest absolute Gasteiger partial charge is 0.351 e. The quantitative estimate of drug-likeness (QED) is 0.888. The highest BCUT2D eigenvalue weighted by atomic mass is 16.2. The number of nitrogens with one attached hydrogen (secondary N) is 2. The van der Waals surface area contributed by atoms with E-state index in [1.807, 2.05) is 37.5 Å². The van der Waals surface area contributed by atoms with Crippen LogP contribution in [0.25, 0.3) is 0 Å². The zero-order valence-electron chi connectivity index (χ0n) is 11.7. The number of anilines is 1. The van der Waals surface area contributed by atoms with Crippen LogP contribution < -0.4 is 10.6 Å². The zero-order valence-corrected chi connectivity index (χ0v) is 11.7. The third-order valence-electron chi connectivity index (χ3n) is 3.54. The molecule has 1 aromatic heterocycles. The SMILES string of the molecule is Cn1cc(CNC(=O)[C@@H]2CC(=O)Nc3ccccc32)cn1. The highest BCUT2D eigenvalue weighted by Gasteiger charge is 2.30. The molecule has 0 fully saturated rings. The Bertz CT molecular complexity index is 692. The molecule has 0 saturated heterocycles. The van der Waals surface area contributed by atoms with Crippen LogP contribution in [0, 0.1) is 0 Å². The number of carbonyl (C=O) groups is 2. The minimum Gasteiger partial charge on any atom is -0.351 e. The number of aryl methyl sites for hydroxylation is 1. The number of nitrogens with zero attached hydrogens (tertiary/aromatic N) is 2. The first-order chi connectivity index (χ1) is 10.1. The maximum Gasteiger partial charge on any atom is 0.228 e. The van der Waals surface area contributed by atoms with Crippen LogP contribution in [-0.2, 0) is 23.2 Å². The molecule has 0 unspecified atom stereocenters. The van der Waals surface area contributed by atoms with Crippen molar-refractivity contribution in [2.45, 2.75) is 18.9 Å². The summed E-state index contributed by atoms with van der Waals surface area (Å²) in [7, 11) is 1.83. The van der Waals surface area contributed by atoms with E-state index in [9.17, 15) is 9.59 Å². The van der Waals surface area contributed by atoms with Gasteiger partial charge in [-0.2, -0.15) is 5.10 Å². The maximum atomic E-state index is 12.4. The monoisotopic (exact) mass is 284 g/mol. The molecule has 6 nitrogen and oxygen atoms in total. The molecule has 0 spiro atoms. The van der Waals surface area contributed by atoms with Gasteiger partial charge in [0.25, 0.3) is 0 Å². The molecule has 6 heteroatoms. The van der Waals surface area contributed by atoms with Gasteiger partial charge in [0.1, 0.15) is 0 Å². The summed E-state index contributed by atoms with van der Waals surface area (Å²) in [5.74, 6) is -0.706. The van der Waals surface area contributed by atoms with Gasteiger partial charge in [0, 0.05) is 37.5 Å². The Morgan fingerprint density at radius 2 is 2.29 bits per heavy atom. The van der Waals surface area contributed by atoms with Crippen molar-refractivity contribution in [2.75, 3.05) is 5.32 Å². The molecule has 2 N–H and O–H groups in total. The third-order valence-corrected chi connectivity index (χ3v) is 3.54. The Hall–Kier alpha value is -2.63. The number of hydrogen-bond donors (Lipinski definition) is 2. The molecule has 0 radical (unpaired) electrons. The van der Waals surface area contributed by atoms with E-state index in [-0.39, 0.29) is 18.2 Å². The molecule has 3 rings (SSSR count). The average Bonchev–Trinajstić information content (AvgIpc) is 2.89. The summed E-state index contributed by atoms with van der Waals surface area (Å²) >= 11 is 0. The van der Waals surface area contributed by atoms with Crippen LogP contribution in [0.15, 0.2) is 36.7 Å². The molecular formula is C15H16N4O2. The second-order valence-electron chi connectivity index (χ2n) is 5.13. The standard InChI is InChI=1S/C15H16N4O2/c1-19-9-10(8-17-19)7-16-15(21)12-6-14(20)18-13-5-3-2-4-11(12)13/h2-5,8-9,12H,6-7H2,1H3,(H,16,21)(H,18,20)/t12-/m1/s1. The number of rotatable bonds is 3. The lowest BCUT2D eigenvalue weighted by molar-refractivity contribution is -0.126. The van der Waals surface area contributed by atoms with Crippen molar-refractivity contribution in [3.63, 3.8) is 0 Å². The summed E-state index contributed by atoms with van der Waals surface area (Å²) < 4.78 is 1.69. The van der Waals surface area contributed by atoms with E-state index in [0.29, 0.717) is 6.54 Å². The van der Waals surface area contributed by atoms with Gasteiger partial charge in [-0.05, 0) is 11.6 Å². The molecular weight excluding hydrogens is 268 g/mol. The number of fused-ring (bicyclic) bond motifs is 1. The Kier molecular flexibility index (Phi) is 3.43. The van der Waals surface area contributed by atoms with Crippen LogP contribution in [0.2, 0.25) is 0 Å². The smallest absolute Gasteiger partial charge is 0.228 e. The van der Waals surface area contributed by atoms with Gasteiger partial charge in [0.15, 0.2) is 0 Å². The topological polar surface area (TPSA) is 76.0 Å². The molecule has 2 heterocycles. The lowest BCUT2D eigenvalue weighted by atomic mass is 9.90. The van der Waals surface area contributed by atoms with Crippen molar-refractivity contribution in [1.29, 1.82) is 0 Å². The Morgan fingerprint density at radius 1 is 1.48 bits per heavy atom. The number of carbonyl (C=O) groups excluding carboxylic acids is 2.